The van der Waals surface area contributed by atoms with Gasteiger partial charge >= 0.3 is 0 Å². The van der Waals surface area contributed by atoms with Crippen molar-refractivity contribution in [2.24, 2.45) is 0 Å². The number of hydrogen-bond acceptors (Lipinski definition) is 3. The van der Waals surface area contributed by atoms with E-state index in [1.807, 2.05) is 6.92 Å². The molecule has 0 saturated carbocycles. The number of halogens is 1. The highest BCUT2D eigenvalue weighted by molar-refractivity contribution is 5.27. The molecule has 0 bridgehead atoms. The van der Waals surface area contributed by atoms with Crippen LogP contribution >= 0.6 is 0 Å². The maximum Gasteiger partial charge on any atom is 0.165 e. The molecule has 0 radical (unpaired) electrons. The molecule has 4 heteroatoms. The highest BCUT2D eigenvalue weighted by atomic mass is 19.1. The van der Waals surface area contributed by atoms with Gasteiger partial charge in [-0.25, -0.2) is 4.39 Å². The molecule has 0 aliphatic heterocycles. The largest absolute Gasteiger partial charge is 0.505 e. The van der Waals surface area contributed by atoms with Crippen LogP contribution in [0.2, 0.25) is 0 Å². The zero-order valence-corrected chi connectivity index (χ0v) is 9.20. The van der Waals surface area contributed by atoms with Crippen LogP contribution < -0.4 is 5.32 Å². The second-order valence-corrected chi connectivity index (χ2v) is 3.63. The van der Waals surface area contributed by atoms with Gasteiger partial charge in [-0.15, -0.1) is 0 Å². The van der Waals surface area contributed by atoms with Gasteiger partial charge in [-0.3, -0.25) is 0 Å². The number of benzene rings is 1. The minimum atomic E-state index is -0.618. The molecule has 0 fully saturated rings. The van der Waals surface area contributed by atoms with Crippen LogP contribution in [-0.4, -0.2) is 11.1 Å². The molecular formula is C12H15FN2O. The van der Waals surface area contributed by atoms with E-state index < -0.39 is 5.82 Å². The summed E-state index contributed by atoms with van der Waals surface area (Å²) in [5.41, 5.74) is 0.756. The van der Waals surface area contributed by atoms with Gasteiger partial charge in [-0.05, 0) is 24.1 Å². The Hall–Kier alpha value is -1.60. The van der Waals surface area contributed by atoms with Crippen molar-refractivity contribution in [1.29, 1.82) is 5.26 Å². The highest BCUT2D eigenvalue weighted by Gasteiger charge is 2.06. The number of aromatic hydroxyl groups is 1. The molecule has 0 aliphatic rings. The lowest BCUT2D eigenvalue weighted by Gasteiger charge is -2.13. The SMILES string of the molecule is CCC(CC#N)NCc1ccc(O)c(F)c1. The van der Waals surface area contributed by atoms with Crippen LogP contribution in [0, 0.1) is 17.1 Å². The predicted octanol–water partition coefficient (Wildman–Crippen LogP) is 2.31. The van der Waals surface area contributed by atoms with E-state index in [0.717, 1.165) is 12.0 Å². The van der Waals surface area contributed by atoms with Gasteiger partial charge in [-0.2, -0.15) is 5.26 Å². The molecule has 0 heterocycles. The third-order valence-corrected chi connectivity index (χ3v) is 2.44. The Morgan fingerprint density at radius 3 is 2.88 bits per heavy atom. The number of phenols is 1. The van der Waals surface area contributed by atoms with E-state index in [4.69, 9.17) is 10.4 Å². The summed E-state index contributed by atoms with van der Waals surface area (Å²) in [6.45, 7) is 2.49. The van der Waals surface area contributed by atoms with Crippen molar-refractivity contribution in [1.82, 2.24) is 5.32 Å². The van der Waals surface area contributed by atoms with E-state index in [1.54, 1.807) is 6.07 Å². The van der Waals surface area contributed by atoms with Crippen LogP contribution in [0.5, 0.6) is 5.75 Å². The van der Waals surface area contributed by atoms with Gasteiger partial charge in [0, 0.05) is 12.6 Å². The molecule has 1 aromatic carbocycles. The van der Waals surface area contributed by atoms with Gasteiger partial charge in [0.15, 0.2) is 11.6 Å². The predicted molar refractivity (Wildman–Crippen MR) is 59.2 cm³/mol. The maximum atomic E-state index is 13.0. The third-order valence-electron chi connectivity index (χ3n) is 2.44. The van der Waals surface area contributed by atoms with Gasteiger partial charge in [0.25, 0.3) is 0 Å². The fraction of sp³-hybridized carbons (Fsp3) is 0.417. The maximum absolute atomic E-state index is 13.0. The summed E-state index contributed by atoms with van der Waals surface area (Å²) >= 11 is 0. The zero-order valence-electron chi connectivity index (χ0n) is 9.20. The van der Waals surface area contributed by atoms with Crippen molar-refractivity contribution >= 4 is 0 Å². The Morgan fingerprint density at radius 1 is 1.56 bits per heavy atom. The van der Waals surface area contributed by atoms with Crippen molar-refractivity contribution in [2.75, 3.05) is 0 Å². The van der Waals surface area contributed by atoms with Crippen molar-refractivity contribution in [2.45, 2.75) is 32.4 Å². The van der Waals surface area contributed by atoms with Gasteiger partial charge in [0.05, 0.1) is 12.5 Å². The number of nitriles is 1. The van der Waals surface area contributed by atoms with E-state index in [2.05, 4.69) is 11.4 Å². The van der Waals surface area contributed by atoms with Crippen LogP contribution in [0.25, 0.3) is 0 Å². The average molecular weight is 222 g/mol. The van der Waals surface area contributed by atoms with E-state index >= 15 is 0 Å². The van der Waals surface area contributed by atoms with E-state index in [9.17, 15) is 4.39 Å². The van der Waals surface area contributed by atoms with Gasteiger partial charge < -0.3 is 10.4 Å². The van der Waals surface area contributed by atoms with Crippen LogP contribution in [0.15, 0.2) is 18.2 Å². The number of phenolic OH excluding ortho intramolecular Hbond substituents is 1. The normalized spacial score (nSPS) is 12.1. The number of nitrogens with one attached hydrogen (secondary N) is 1. The Labute approximate surface area is 94.5 Å². The summed E-state index contributed by atoms with van der Waals surface area (Å²) in [5.74, 6) is -0.958. The Balaban J connectivity index is 2.54. The summed E-state index contributed by atoms with van der Waals surface area (Å²) in [6.07, 6.45) is 1.30. The van der Waals surface area contributed by atoms with Gasteiger partial charge in [0.2, 0.25) is 0 Å². The summed E-state index contributed by atoms with van der Waals surface area (Å²) in [4.78, 5) is 0. The molecule has 0 saturated heterocycles. The first-order valence-electron chi connectivity index (χ1n) is 5.25. The standard InChI is InChI=1S/C12H15FN2O/c1-2-10(5-6-14)15-8-9-3-4-12(16)11(13)7-9/h3-4,7,10,15-16H,2,5,8H2,1H3. The number of rotatable bonds is 5. The quantitative estimate of drug-likeness (QED) is 0.803. The van der Waals surface area contributed by atoms with Gasteiger partial charge in [-0.1, -0.05) is 13.0 Å². The number of hydrogen-bond donors (Lipinski definition) is 2. The summed E-state index contributed by atoms with van der Waals surface area (Å²) in [5, 5.41) is 20.7. The molecule has 1 aromatic rings. The lowest BCUT2D eigenvalue weighted by Crippen LogP contribution is -2.27. The molecule has 0 amide bonds. The third kappa shape index (κ3) is 3.52. The average Bonchev–Trinajstić information content (AvgIpc) is 2.28. The zero-order chi connectivity index (χ0) is 12.0. The van der Waals surface area contributed by atoms with Crippen LogP contribution in [-0.2, 0) is 6.54 Å². The molecule has 1 rings (SSSR count). The second kappa shape index (κ2) is 6.09. The molecule has 86 valence electrons. The summed E-state index contributed by atoms with van der Waals surface area (Å²) in [6, 6.07) is 6.51. The molecule has 16 heavy (non-hydrogen) atoms. The van der Waals surface area contributed by atoms with Crippen molar-refractivity contribution in [3.8, 4) is 11.8 Å². The highest BCUT2D eigenvalue weighted by Crippen LogP contribution is 2.16. The molecule has 1 atom stereocenters. The molecule has 2 N–H and O–H groups in total. The molecule has 0 spiro atoms. The van der Waals surface area contributed by atoms with Crippen LogP contribution in [0.4, 0.5) is 4.39 Å². The first-order valence-corrected chi connectivity index (χ1v) is 5.25. The fourth-order valence-corrected chi connectivity index (χ4v) is 1.39. The van der Waals surface area contributed by atoms with Crippen molar-refractivity contribution in [3.63, 3.8) is 0 Å². The molecule has 3 nitrogen and oxygen atoms in total. The number of nitrogens with zero attached hydrogens (tertiary/aromatic N) is 1. The summed E-state index contributed by atoms with van der Waals surface area (Å²) < 4.78 is 13.0. The Kier molecular flexibility index (Phi) is 4.74. The Morgan fingerprint density at radius 2 is 2.31 bits per heavy atom. The monoisotopic (exact) mass is 222 g/mol. The van der Waals surface area contributed by atoms with E-state index in [0.29, 0.717) is 13.0 Å². The van der Waals surface area contributed by atoms with Gasteiger partial charge in [0.1, 0.15) is 0 Å². The van der Waals surface area contributed by atoms with Crippen molar-refractivity contribution in [3.05, 3.63) is 29.6 Å². The molecule has 0 aromatic heterocycles. The summed E-state index contributed by atoms with van der Waals surface area (Å²) in [7, 11) is 0. The smallest absolute Gasteiger partial charge is 0.165 e. The molecule has 0 aliphatic carbocycles. The lowest BCUT2D eigenvalue weighted by molar-refractivity contribution is 0.431. The fourth-order valence-electron chi connectivity index (χ4n) is 1.39. The lowest BCUT2D eigenvalue weighted by atomic mass is 10.1. The van der Waals surface area contributed by atoms with Crippen LogP contribution in [0.1, 0.15) is 25.3 Å². The minimum Gasteiger partial charge on any atom is -0.505 e. The topological polar surface area (TPSA) is 56.0 Å². The first kappa shape index (κ1) is 12.5. The van der Waals surface area contributed by atoms with Crippen LogP contribution in [0.3, 0.4) is 0 Å². The van der Waals surface area contributed by atoms with Crippen molar-refractivity contribution < 1.29 is 9.50 Å². The minimum absolute atomic E-state index is 0.127. The first-order chi connectivity index (χ1) is 7.67. The molecular weight excluding hydrogens is 207 g/mol. The van der Waals surface area contributed by atoms with E-state index in [-0.39, 0.29) is 11.8 Å². The Bertz CT molecular complexity index is 387. The molecule has 1 unspecified atom stereocenters. The second-order valence-electron chi connectivity index (χ2n) is 3.63. The van der Waals surface area contributed by atoms with E-state index in [1.165, 1.54) is 12.1 Å².